The Morgan fingerprint density at radius 2 is 2.06 bits per heavy atom. The summed E-state index contributed by atoms with van der Waals surface area (Å²) in [4.78, 5) is 0. The van der Waals surface area contributed by atoms with Crippen LogP contribution < -0.4 is 15.8 Å². The molecule has 2 rings (SSSR count). The number of benzene rings is 1. The molecule has 1 aromatic carbocycles. The number of anilines is 2. The summed E-state index contributed by atoms with van der Waals surface area (Å²) in [5, 5.41) is 3.61. The van der Waals surface area contributed by atoms with Gasteiger partial charge in [-0.2, -0.15) is 0 Å². The van der Waals surface area contributed by atoms with Gasteiger partial charge in [0.15, 0.2) is 0 Å². The first kappa shape index (κ1) is 13.1. The Balaban J connectivity index is 2.00. The van der Waals surface area contributed by atoms with Gasteiger partial charge in [-0.3, -0.25) is 0 Å². The molecule has 0 bridgehead atoms. The van der Waals surface area contributed by atoms with Crippen LogP contribution >= 0.6 is 0 Å². The minimum atomic E-state index is 0.586. The maximum absolute atomic E-state index is 5.82. The van der Waals surface area contributed by atoms with E-state index in [1.807, 2.05) is 18.2 Å². The zero-order valence-corrected chi connectivity index (χ0v) is 11.4. The van der Waals surface area contributed by atoms with E-state index in [4.69, 9.17) is 10.5 Å². The van der Waals surface area contributed by atoms with Crippen LogP contribution in [0.2, 0.25) is 0 Å². The Hall–Kier alpha value is -1.38. The highest BCUT2D eigenvalue weighted by molar-refractivity contribution is 5.61. The first-order valence-corrected chi connectivity index (χ1v) is 6.89. The maximum Gasteiger partial charge on any atom is 0.143 e. The van der Waals surface area contributed by atoms with E-state index >= 15 is 0 Å². The van der Waals surface area contributed by atoms with Gasteiger partial charge in [0.1, 0.15) is 5.75 Å². The molecule has 1 aromatic rings. The minimum Gasteiger partial charge on any atom is -0.495 e. The first-order chi connectivity index (χ1) is 8.69. The summed E-state index contributed by atoms with van der Waals surface area (Å²) in [6, 6.07) is 6.51. The standard InChI is InChI=1S/C15H24N2O/c1-11-4-3-5-12(7-6-11)17-13-8-9-14(16)15(10-13)18-2/h8-12,17H,3-7,16H2,1-2H3. The van der Waals surface area contributed by atoms with Crippen molar-refractivity contribution in [1.29, 1.82) is 0 Å². The molecule has 1 fully saturated rings. The molecule has 100 valence electrons. The van der Waals surface area contributed by atoms with Crippen molar-refractivity contribution in [2.24, 2.45) is 5.92 Å². The summed E-state index contributed by atoms with van der Waals surface area (Å²) in [5.74, 6) is 1.62. The first-order valence-electron chi connectivity index (χ1n) is 6.89. The zero-order chi connectivity index (χ0) is 13.0. The van der Waals surface area contributed by atoms with E-state index < -0.39 is 0 Å². The Bertz CT molecular complexity index is 392. The van der Waals surface area contributed by atoms with Gasteiger partial charge < -0.3 is 15.8 Å². The van der Waals surface area contributed by atoms with Crippen LogP contribution in [0, 0.1) is 5.92 Å². The van der Waals surface area contributed by atoms with Gasteiger partial charge in [-0.15, -0.1) is 0 Å². The minimum absolute atomic E-state index is 0.586. The predicted molar refractivity (Wildman–Crippen MR) is 77.1 cm³/mol. The van der Waals surface area contributed by atoms with Gasteiger partial charge >= 0.3 is 0 Å². The highest BCUT2D eigenvalue weighted by Gasteiger charge is 2.16. The van der Waals surface area contributed by atoms with E-state index in [9.17, 15) is 0 Å². The molecular weight excluding hydrogens is 224 g/mol. The third-order valence-corrected chi connectivity index (χ3v) is 3.86. The van der Waals surface area contributed by atoms with Gasteiger partial charge in [0.25, 0.3) is 0 Å². The summed E-state index contributed by atoms with van der Waals surface area (Å²) in [6.45, 7) is 2.36. The molecule has 3 N–H and O–H groups in total. The summed E-state index contributed by atoms with van der Waals surface area (Å²) < 4.78 is 5.25. The van der Waals surface area contributed by atoms with E-state index in [-0.39, 0.29) is 0 Å². The molecular formula is C15H24N2O. The van der Waals surface area contributed by atoms with Crippen LogP contribution in [-0.2, 0) is 0 Å². The highest BCUT2D eigenvalue weighted by Crippen LogP contribution is 2.28. The average molecular weight is 248 g/mol. The fourth-order valence-corrected chi connectivity index (χ4v) is 2.67. The number of nitrogens with two attached hydrogens (primary N) is 1. The molecule has 2 atom stereocenters. The van der Waals surface area contributed by atoms with Crippen molar-refractivity contribution in [3.63, 3.8) is 0 Å². The van der Waals surface area contributed by atoms with E-state index in [1.54, 1.807) is 7.11 Å². The van der Waals surface area contributed by atoms with Crippen LogP contribution in [-0.4, -0.2) is 13.2 Å². The number of nitrogen functional groups attached to an aromatic ring is 1. The SMILES string of the molecule is COc1cc(NC2CCCC(C)CC2)ccc1N. The summed E-state index contributed by atoms with van der Waals surface area (Å²) in [7, 11) is 1.66. The summed E-state index contributed by atoms with van der Waals surface area (Å²) >= 11 is 0. The molecule has 18 heavy (non-hydrogen) atoms. The van der Waals surface area contributed by atoms with Gasteiger partial charge in [-0.25, -0.2) is 0 Å². The van der Waals surface area contributed by atoms with Gasteiger partial charge in [0.05, 0.1) is 12.8 Å². The van der Waals surface area contributed by atoms with Crippen LogP contribution in [0.1, 0.15) is 39.0 Å². The lowest BCUT2D eigenvalue weighted by atomic mass is 10.0. The molecule has 0 amide bonds. The Morgan fingerprint density at radius 1 is 1.22 bits per heavy atom. The molecule has 0 saturated heterocycles. The molecule has 2 unspecified atom stereocenters. The van der Waals surface area contributed by atoms with Gasteiger partial charge in [0, 0.05) is 17.8 Å². The average Bonchev–Trinajstić information content (AvgIpc) is 2.57. The largest absolute Gasteiger partial charge is 0.495 e. The van der Waals surface area contributed by atoms with Gasteiger partial charge in [-0.1, -0.05) is 19.8 Å². The molecule has 0 aliphatic heterocycles. The topological polar surface area (TPSA) is 47.3 Å². The van der Waals surface area contributed by atoms with Crippen molar-refractivity contribution in [2.45, 2.75) is 45.1 Å². The Labute approximate surface area is 110 Å². The number of nitrogens with one attached hydrogen (secondary N) is 1. The number of rotatable bonds is 3. The summed E-state index contributed by atoms with van der Waals surface area (Å²) in [5.41, 5.74) is 7.63. The van der Waals surface area contributed by atoms with Crippen molar-refractivity contribution < 1.29 is 4.74 Å². The number of ether oxygens (including phenoxy) is 1. The van der Waals surface area contributed by atoms with Crippen LogP contribution in [0.4, 0.5) is 11.4 Å². The second-order valence-corrected chi connectivity index (χ2v) is 5.41. The van der Waals surface area contributed by atoms with Gasteiger partial charge in [-0.05, 0) is 37.3 Å². The monoisotopic (exact) mass is 248 g/mol. The normalized spacial score (nSPS) is 24.3. The van der Waals surface area contributed by atoms with E-state index in [1.165, 1.54) is 32.1 Å². The predicted octanol–water partition coefficient (Wildman–Crippen LogP) is 3.66. The van der Waals surface area contributed by atoms with Crippen LogP contribution in [0.3, 0.4) is 0 Å². The maximum atomic E-state index is 5.82. The molecule has 1 aliphatic carbocycles. The van der Waals surface area contributed by atoms with E-state index in [2.05, 4.69) is 12.2 Å². The fourth-order valence-electron chi connectivity index (χ4n) is 2.67. The van der Waals surface area contributed by atoms with Crippen LogP contribution in [0.15, 0.2) is 18.2 Å². The summed E-state index contributed by atoms with van der Waals surface area (Å²) in [6.07, 6.45) is 6.53. The molecule has 3 heteroatoms. The quantitative estimate of drug-likeness (QED) is 0.634. The lowest BCUT2D eigenvalue weighted by molar-refractivity contribution is 0.417. The Morgan fingerprint density at radius 3 is 2.83 bits per heavy atom. The number of hydrogen-bond acceptors (Lipinski definition) is 3. The molecule has 0 radical (unpaired) electrons. The third kappa shape index (κ3) is 3.31. The number of hydrogen-bond donors (Lipinski definition) is 2. The second kappa shape index (κ2) is 5.98. The molecule has 0 heterocycles. The molecule has 1 saturated carbocycles. The van der Waals surface area contributed by atoms with Crippen LogP contribution in [0.25, 0.3) is 0 Å². The van der Waals surface area contributed by atoms with E-state index in [0.717, 1.165) is 17.4 Å². The molecule has 3 nitrogen and oxygen atoms in total. The molecule has 0 spiro atoms. The second-order valence-electron chi connectivity index (χ2n) is 5.41. The van der Waals surface area contributed by atoms with E-state index in [0.29, 0.717) is 11.7 Å². The van der Waals surface area contributed by atoms with Crippen molar-refractivity contribution in [1.82, 2.24) is 0 Å². The molecule has 0 aromatic heterocycles. The number of methoxy groups -OCH3 is 1. The smallest absolute Gasteiger partial charge is 0.143 e. The molecule has 1 aliphatic rings. The fraction of sp³-hybridized carbons (Fsp3) is 0.600. The zero-order valence-electron chi connectivity index (χ0n) is 11.4. The highest BCUT2D eigenvalue weighted by atomic mass is 16.5. The van der Waals surface area contributed by atoms with Crippen LogP contribution in [0.5, 0.6) is 5.75 Å². The third-order valence-electron chi connectivity index (χ3n) is 3.86. The lowest BCUT2D eigenvalue weighted by Gasteiger charge is -2.18. The van der Waals surface area contributed by atoms with Crippen molar-refractivity contribution in [2.75, 3.05) is 18.2 Å². The van der Waals surface area contributed by atoms with Crippen molar-refractivity contribution in [3.05, 3.63) is 18.2 Å². The van der Waals surface area contributed by atoms with Crippen molar-refractivity contribution >= 4 is 11.4 Å². The lowest BCUT2D eigenvalue weighted by Crippen LogP contribution is -2.18. The van der Waals surface area contributed by atoms with Gasteiger partial charge in [0.2, 0.25) is 0 Å². The Kier molecular flexibility index (Phi) is 4.34. The van der Waals surface area contributed by atoms with Crippen molar-refractivity contribution in [3.8, 4) is 5.75 Å².